The van der Waals surface area contributed by atoms with Crippen molar-refractivity contribution in [1.29, 1.82) is 0 Å². The molecule has 1 aromatic heterocycles. The molecule has 188 valence electrons. The number of phenolic OH excluding ortho intramolecular Hbond substituents is 2. The number of carboxylic acids is 1. The number of hydrogen-bond donors (Lipinski definition) is 3. The highest BCUT2D eigenvalue weighted by Gasteiger charge is 2.38. The number of likely N-dealkylation sites (tertiary alicyclic amines) is 1. The number of carboxylic acid groups (broad SMARTS) is 1. The van der Waals surface area contributed by atoms with Crippen LogP contribution in [0.25, 0.3) is 31.7 Å². The molecule has 1 aliphatic rings. The third-order valence-electron chi connectivity index (χ3n) is 5.52. The van der Waals surface area contributed by atoms with Crippen molar-refractivity contribution in [3.63, 3.8) is 0 Å². The number of rotatable bonds is 4. The summed E-state index contributed by atoms with van der Waals surface area (Å²) in [5.74, 6) is -1.36. The molecule has 36 heavy (non-hydrogen) atoms. The van der Waals surface area contributed by atoms with Gasteiger partial charge in [0, 0.05) is 33.6 Å². The number of halogens is 3. The molecular weight excluding hydrogens is 495 g/mol. The van der Waals surface area contributed by atoms with Gasteiger partial charge in [0.2, 0.25) is 0 Å². The Morgan fingerprint density at radius 3 is 2.06 bits per heavy atom. The molecule has 6 nitrogen and oxygen atoms in total. The molecule has 0 amide bonds. The molecule has 2 heterocycles. The molecule has 0 bridgehead atoms. The van der Waals surface area contributed by atoms with E-state index in [0.29, 0.717) is 0 Å². The van der Waals surface area contributed by atoms with Gasteiger partial charge in [0.15, 0.2) is 0 Å². The van der Waals surface area contributed by atoms with E-state index < -0.39 is 12.1 Å². The second-order valence-corrected chi connectivity index (χ2v) is 9.37. The van der Waals surface area contributed by atoms with Crippen molar-refractivity contribution in [2.24, 2.45) is 0 Å². The summed E-state index contributed by atoms with van der Waals surface area (Å²) in [5, 5.41) is 27.8. The molecule has 0 saturated carbocycles. The third kappa shape index (κ3) is 5.72. The van der Waals surface area contributed by atoms with Crippen LogP contribution in [0.2, 0.25) is 0 Å². The minimum absolute atomic E-state index is 0.247. The van der Waals surface area contributed by atoms with Gasteiger partial charge in [-0.2, -0.15) is 13.2 Å². The van der Waals surface area contributed by atoms with Gasteiger partial charge in [-0.1, -0.05) is 12.1 Å². The molecule has 0 radical (unpaired) electrons. The maximum Gasteiger partial charge on any atom is 0.490 e. The van der Waals surface area contributed by atoms with Crippen LogP contribution in [-0.4, -0.2) is 58.6 Å². The van der Waals surface area contributed by atoms with Gasteiger partial charge in [-0.05, 0) is 72.8 Å². The number of aromatic hydroxyl groups is 2. The summed E-state index contributed by atoms with van der Waals surface area (Å²) in [5.41, 5.74) is 3.27. The number of thiophene rings is 1. The molecule has 1 fully saturated rings. The van der Waals surface area contributed by atoms with Gasteiger partial charge in [-0.25, -0.2) is 4.79 Å². The van der Waals surface area contributed by atoms with Gasteiger partial charge in [-0.15, -0.1) is 11.3 Å². The number of benzene rings is 3. The van der Waals surface area contributed by atoms with Gasteiger partial charge in [0.25, 0.3) is 0 Å². The van der Waals surface area contributed by atoms with E-state index in [1.165, 1.54) is 0 Å². The van der Waals surface area contributed by atoms with Crippen LogP contribution in [0.5, 0.6) is 17.2 Å². The fraction of sp³-hybridized carbons (Fsp3) is 0.192. The summed E-state index contributed by atoms with van der Waals surface area (Å²) in [7, 11) is 2.09. The number of likely N-dealkylation sites (N-methyl/N-ethyl adjacent to an activating group) is 1. The summed E-state index contributed by atoms with van der Waals surface area (Å²) >= 11 is 1.64. The largest absolute Gasteiger partial charge is 0.508 e. The number of nitrogens with zero attached hydrogens (tertiary/aromatic N) is 1. The Kier molecular flexibility index (Phi) is 7.09. The van der Waals surface area contributed by atoms with E-state index in [4.69, 9.17) is 14.6 Å². The monoisotopic (exact) mass is 517 g/mol. The lowest BCUT2D eigenvalue weighted by atomic mass is 9.98. The number of alkyl halides is 3. The maximum atomic E-state index is 10.6. The van der Waals surface area contributed by atoms with Crippen LogP contribution < -0.4 is 4.74 Å². The van der Waals surface area contributed by atoms with Gasteiger partial charge >= 0.3 is 12.1 Å². The average Bonchev–Trinajstić information content (AvgIpc) is 3.17. The molecule has 5 rings (SSSR count). The molecule has 1 saturated heterocycles. The quantitative estimate of drug-likeness (QED) is 0.309. The summed E-state index contributed by atoms with van der Waals surface area (Å²) in [6.07, 6.45) is -4.82. The van der Waals surface area contributed by atoms with Gasteiger partial charge in [0.05, 0.1) is 0 Å². The Labute approximate surface area is 208 Å². The lowest BCUT2D eigenvalue weighted by Crippen LogP contribution is -2.51. The van der Waals surface area contributed by atoms with Crippen molar-refractivity contribution in [1.82, 2.24) is 4.90 Å². The highest BCUT2D eigenvalue weighted by Crippen LogP contribution is 2.46. The van der Waals surface area contributed by atoms with Crippen molar-refractivity contribution in [2.45, 2.75) is 12.3 Å². The minimum Gasteiger partial charge on any atom is -0.508 e. The number of aliphatic carboxylic acids is 1. The van der Waals surface area contributed by atoms with Crippen LogP contribution in [0.1, 0.15) is 0 Å². The molecule has 10 heteroatoms. The van der Waals surface area contributed by atoms with Crippen LogP contribution in [-0.2, 0) is 4.79 Å². The Balaban J connectivity index is 0.000000384. The number of ether oxygens (including phenoxy) is 1. The molecule has 3 aromatic carbocycles. The summed E-state index contributed by atoms with van der Waals surface area (Å²) in [4.78, 5) is 12.2. The van der Waals surface area contributed by atoms with Crippen LogP contribution in [0.3, 0.4) is 0 Å². The first-order valence-electron chi connectivity index (χ1n) is 10.8. The highest BCUT2D eigenvalue weighted by molar-refractivity contribution is 7.23. The first kappa shape index (κ1) is 25.3. The smallest absolute Gasteiger partial charge is 0.490 e. The predicted octanol–water partition coefficient (Wildman–Crippen LogP) is 5.97. The molecule has 0 spiro atoms. The Hall–Kier alpha value is -3.76. The van der Waals surface area contributed by atoms with Gasteiger partial charge in [-0.3, -0.25) is 4.90 Å². The lowest BCUT2D eigenvalue weighted by Gasteiger charge is -2.36. The SMILES string of the molecule is CN1CC(Oc2ccc(-c3c(-c4ccc(O)cc4)sc4cc(O)ccc34)cc2)C1.O=C(O)C(F)(F)F. The third-order valence-corrected chi connectivity index (χ3v) is 6.72. The Morgan fingerprint density at radius 1 is 0.944 bits per heavy atom. The van der Waals surface area contributed by atoms with Crippen LogP contribution in [0.15, 0.2) is 66.7 Å². The number of carbonyl (C=O) groups is 1. The molecule has 4 aromatic rings. The van der Waals surface area contributed by atoms with Crippen molar-refractivity contribution < 1.29 is 38.0 Å². The van der Waals surface area contributed by atoms with Crippen LogP contribution in [0, 0.1) is 0 Å². The molecule has 0 aliphatic carbocycles. The van der Waals surface area contributed by atoms with E-state index in [1.54, 1.807) is 35.6 Å². The second kappa shape index (κ2) is 10.1. The molecule has 1 aliphatic heterocycles. The summed E-state index contributed by atoms with van der Waals surface area (Å²) < 4.78 is 38.8. The fourth-order valence-electron chi connectivity index (χ4n) is 3.80. The molecule has 3 N–H and O–H groups in total. The van der Waals surface area contributed by atoms with E-state index in [9.17, 15) is 23.4 Å². The van der Waals surface area contributed by atoms with Crippen molar-refractivity contribution in [3.8, 4) is 38.8 Å². The second-order valence-electron chi connectivity index (χ2n) is 8.32. The first-order valence-corrected chi connectivity index (χ1v) is 11.6. The Bertz CT molecular complexity index is 1360. The number of fused-ring (bicyclic) bond motifs is 1. The van der Waals surface area contributed by atoms with Gasteiger partial charge in [0.1, 0.15) is 23.4 Å². The topological polar surface area (TPSA) is 90.2 Å². The summed E-state index contributed by atoms with van der Waals surface area (Å²) in [6, 6.07) is 21.0. The standard InChI is InChI=1S/C24H21NO3S.C2HF3O2/c1-25-13-20(14-25)28-19-9-4-15(5-10-19)23-21-11-8-18(27)12-22(21)29-24(23)16-2-6-17(26)7-3-16;3-2(4,5)1(6)7/h2-12,20,26-27H,13-14H2,1H3;(H,6,7). The first-order chi connectivity index (χ1) is 17.0. The average molecular weight is 518 g/mol. The van der Waals surface area contributed by atoms with Gasteiger partial charge < -0.3 is 20.1 Å². The fourth-order valence-corrected chi connectivity index (χ4v) is 5.06. The predicted molar refractivity (Wildman–Crippen MR) is 132 cm³/mol. The lowest BCUT2D eigenvalue weighted by molar-refractivity contribution is -0.192. The van der Waals surface area contributed by atoms with Crippen molar-refractivity contribution >= 4 is 27.4 Å². The normalized spacial score (nSPS) is 14.1. The van der Waals surface area contributed by atoms with Crippen molar-refractivity contribution in [2.75, 3.05) is 20.1 Å². The van der Waals surface area contributed by atoms with E-state index in [1.807, 2.05) is 30.3 Å². The minimum atomic E-state index is -5.08. The Morgan fingerprint density at radius 2 is 1.50 bits per heavy atom. The van der Waals surface area contributed by atoms with E-state index in [2.05, 4.69) is 24.1 Å². The van der Waals surface area contributed by atoms with E-state index in [-0.39, 0.29) is 17.6 Å². The zero-order chi connectivity index (χ0) is 26.0. The molecule has 0 unspecified atom stereocenters. The maximum absolute atomic E-state index is 10.6. The van der Waals surface area contributed by atoms with Crippen LogP contribution in [0.4, 0.5) is 13.2 Å². The number of phenols is 2. The zero-order valence-corrected chi connectivity index (χ0v) is 19.8. The highest BCUT2D eigenvalue weighted by atomic mass is 32.1. The van der Waals surface area contributed by atoms with Crippen molar-refractivity contribution in [3.05, 3.63) is 66.7 Å². The number of hydrogen-bond acceptors (Lipinski definition) is 6. The molecule has 0 atom stereocenters. The molecular formula is C26H22F3NO5S. The van der Waals surface area contributed by atoms with Crippen LogP contribution >= 0.6 is 11.3 Å². The van der Waals surface area contributed by atoms with E-state index >= 15 is 0 Å². The van der Waals surface area contributed by atoms with E-state index in [0.717, 1.165) is 50.5 Å². The summed E-state index contributed by atoms with van der Waals surface area (Å²) in [6.45, 7) is 1.93. The zero-order valence-electron chi connectivity index (χ0n) is 19.0.